The highest BCUT2D eigenvalue weighted by molar-refractivity contribution is 7.99. The van der Waals surface area contributed by atoms with Gasteiger partial charge in [-0.05, 0) is 42.4 Å². The number of para-hydroxylation sites is 1. The van der Waals surface area contributed by atoms with Crippen molar-refractivity contribution in [3.8, 4) is 0 Å². The number of hydrogen-bond donors (Lipinski definition) is 1. The van der Waals surface area contributed by atoms with Gasteiger partial charge in [0.2, 0.25) is 5.95 Å². The van der Waals surface area contributed by atoms with Crippen LogP contribution in [-0.4, -0.2) is 21.1 Å². The third kappa shape index (κ3) is 2.19. The van der Waals surface area contributed by atoms with Crippen molar-refractivity contribution in [3.05, 3.63) is 23.2 Å². The molecule has 0 radical (unpaired) electrons. The van der Waals surface area contributed by atoms with Gasteiger partial charge in [-0.25, -0.2) is 4.98 Å². The third-order valence-corrected chi connectivity index (χ3v) is 4.88. The molecule has 1 saturated heterocycles. The Kier molecular flexibility index (Phi) is 3.39. The summed E-state index contributed by atoms with van der Waals surface area (Å²) in [5.74, 6) is 3.79. The quantitative estimate of drug-likeness (QED) is 0.917. The average molecular weight is 282 g/mol. The molecule has 3 nitrogen and oxygen atoms in total. The van der Waals surface area contributed by atoms with E-state index in [4.69, 9.17) is 17.3 Å². The fourth-order valence-corrected chi connectivity index (χ4v) is 4.01. The summed E-state index contributed by atoms with van der Waals surface area (Å²) in [6, 6.07) is 5.78. The van der Waals surface area contributed by atoms with Crippen LogP contribution in [0.25, 0.3) is 11.0 Å². The molecule has 1 aromatic carbocycles. The Bertz CT molecular complexity index is 561. The highest BCUT2D eigenvalue weighted by Gasteiger charge is 2.18. The summed E-state index contributed by atoms with van der Waals surface area (Å²) in [6.45, 7) is 0.937. The molecule has 0 aliphatic carbocycles. The molecule has 1 aliphatic heterocycles. The van der Waals surface area contributed by atoms with E-state index in [2.05, 4.69) is 9.55 Å². The lowest BCUT2D eigenvalue weighted by Gasteiger charge is -2.22. The minimum Gasteiger partial charge on any atom is -0.369 e. The lowest BCUT2D eigenvalue weighted by molar-refractivity contribution is 0.425. The van der Waals surface area contributed by atoms with E-state index in [1.165, 1.54) is 24.3 Å². The number of nitrogen functional groups attached to an aromatic ring is 1. The second-order valence-electron chi connectivity index (χ2n) is 4.74. The number of rotatable bonds is 2. The van der Waals surface area contributed by atoms with E-state index in [9.17, 15) is 0 Å². The van der Waals surface area contributed by atoms with Crippen molar-refractivity contribution in [2.45, 2.75) is 19.4 Å². The van der Waals surface area contributed by atoms with Crippen LogP contribution in [-0.2, 0) is 6.54 Å². The Labute approximate surface area is 116 Å². The number of hydrogen-bond acceptors (Lipinski definition) is 3. The van der Waals surface area contributed by atoms with Crippen LogP contribution < -0.4 is 5.73 Å². The Balaban J connectivity index is 1.97. The van der Waals surface area contributed by atoms with Gasteiger partial charge in [0, 0.05) is 6.54 Å². The van der Waals surface area contributed by atoms with Crippen LogP contribution in [0.15, 0.2) is 18.2 Å². The van der Waals surface area contributed by atoms with Crippen LogP contribution in [0.3, 0.4) is 0 Å². The van der Waals surface area contributed by atoms with Crippen LogP contribution in [0.1, 0.15) is 12.8 Å². The van der Waals surface area contributed by atoms with Gasteiger partial charge in [-0.2, -0.15) is 11.8 Å². The second kappa shape index (κ2) is 5.02. The smallest absolute Gasteiger partial charge is 0.201 e. The van der Waals surface area contributed by atoms with Gasteiger partial charge in [0.25, 0.3) is 0 Å². The molecular weight excluding hydrogens is 266 g/mol. The Morgan fingerprint density at radius 1 is 1.39 bits per heavy atom. The highest BCUT2D eigenvalue weighted by atomic mass is 35.5. The normalized spacial score (nSPS) is 17.4. The fourth-order valence-electron chi connectivity index (χ4n) is 2.53. The molecule has 0 amide bonds. The first-order valence-electron chi connectivity index (χ1n) is 6.23. The Hall–Kier alpha value is -0.870. The van der Waals surface area contributed by atoms with Crippen LogP contribution in [0, 0.1) is 5.92 Å². The number of imidazole rings is 1. The lowest BCUT2D eigenvalue weighted by atomic mass is 10.0. The van der Waals surface area contributed by atoms with Crippen molar-refractivity contribution in [1.29, 1.82) is 0 Å². The number of nitrogens with zero attached hydrogens (tertiary/aromatic N) is 2. The van der Waals surface area contributed by atoms with Crippen molar-refractivity contribution in [3.63, 3.8) is 0 Å². The first-order valence-corrected chi connectivity index (χ1v) is 7.77. The minimum absolute atomic E-state index is 0.580. The number of anilines is 1. The van der Waals surface area contributed by atoms with Gasteiger partial charge in [-0.3, -0.25) is 0 Å². The molecule has 5 heteroatoms. The molecule has 2 N–H and O–H groups in total. The van der Waals surface area contributed by atoms with Crippen molar-refractivity contribution < 1.29 is 0 Å². The molecule has 1 aliphatic rings. The monoisotopic (exact) mass is 281 g/mol. The molecule has 0 atom stereocenters. The third-order valence-electron chi connectivity index (χ3n) is 3.53. The summed E-state index contributed by atoms with van der Waals surface area (Å²) in [5, 5.41) is 0.738. The van der Waals surface area contributed by atoms with Crippen molar-refractivity contribution in [2.24, 2.45) is 5.92 Å². The van der Waals surface area contributed by atoms with Crippen LogP contribution in [0.2, 0.25) is 5.02 Å². The van der Waals surface area contributed by atoms with E-state index < -0.39 is 0 Å². The molecule has 3 rings (SSSR count). The summed E-state index contributed by atoms with van der Waals surface area (Å²) < 4.78 is 2.08. The van der Waals surface area contributed by atoms with E-state index in [-0.39, 0.29) is 0 Å². The number of aromatic nitrogens is 2. The summed E-state index contributed by atoms with van der Waals surface area (Å²) in [7, 11) is 0. The zero-order chi connectivity index (χ0) is 12.5. The van der Waals surface area contributed by atoms with Crippen LogP contribution in [0.4, 0.5) is 5.95 Å². The fraction of sp³-hybridized carbons (Fsp3) is 0.462. The molecular formula is C13H16ClN3S. The van der Waals surface area contributed by atoms with E-state index in [0.29, 0.717) is 11.9 Å². The number of fused-ring (bicyclic) bond motifs is 1. The number of halogens is 1. The molecule has 1 aromatic heterocycles. The largest absolute Gasteiger partial charge is 0.369 e. The first-order chi connectivity index (χ1) is 8.75. The van der Waals surface area contributed by atoms with Crippen LogP contribution >= 0.6 is 23.4 Å². The Morgan fingerprint density at radius 2 is 2.17 bits per heavy atom. The molecule has 2 heterocycles. The summed E-state index contributed by atoms with van der Waals surface area (Å²) in [6.07, 6.45) is 2.52. The molecule has 2 aromatic rings. The molecule has 18 heavy (non-hydrogen) atoms. The predicted molar refractivity (Wildman–Crippen MR) is 79.2 cm³/mol. The van der Waals surface area contributed by atoms with Crippen LogP contribution in [0.5, 0.6) is 0 Å². The van der Waals surface area contributed by atoms with Gasteiger partial charge in [0.1, 0.15) is 0 Å². The SMILES string of the molecule is Nc1nc2cccc(Cl)c2n1CC1CCSCC1. The van der Waals surface area contributed by atoms with Crippen molar-refractivity contribution in [1.82, 2.24) is 9.55 Å². The topological polar surface area (TPSA) is 43.8 Å². The zero-order valence-corrected chi connectivity index (χ0v) is 11.7. The van der Waals surface area contributed by atoms with Crippen molar-refractivity contribution >= 4 is 40.3 Å². The summed E-state index contributed by atoms with van der Waals surface area (Å²) >= 11 is 8.31. The Morgan fingerprint density at radius 3 is 2.94 bits per heavy atom. The van der Waals surface area contributed by atoms with Gasteiger partial charge < -0.3 is 10.3 Å². The van der Waals surface area contributed by atoms with E-state index >= 15 is 0 Å². The molecule has 0 bridgehead atoms. The number of thioether (sulfide) groups is 1. The van der Waals surface area contributed by atoms with E-state index in [1.54, 1.807) is 0 Å². The van der Waals surface area contributed by atoms with Gasteiger partial charge in [0.15, 0.2) is 0 Å². The number of nitrogens with two attached hydrogens (primary N) is 1. The van der Waals surface area contributed by atoms with Gasteiger partial charge in [-0.15, -0.1) is 0 Å². The number of benzene rings is 1. The van der Waals surface area contributed by atoms with Gasteiger partial charge in [0.05, 0.1) is 16.1 Å². The zero-order valence-electron chi connectivity index (χ0n) is 10.1. The van der Waals surface area contributed by atoms with E-state index in [1.807, 2.05) is 30.0 Å². The molecule has 1 fully saturated rings. The molecule has 0 saturated carbocycles. The minimum atomic E-state index is 0.580. The van der Waals surface area contributed by atoms with E-state index in [0.717, 1.165) is 22.6 Å². The molecule has 0 spiro atoms. The van der Waals surface area contributed by atoms with Gasteiger partial charge in [-0.1, -0.05) is 17.7 Å². The lowest BCUT2D eigenvalue weighted by Crippen LogP contribution is -2.17. The summed E-state index contributed by atoms with van der Waals surface area (Å²) in [5.41, 5.74) is 7.90. The highest BCUT2D eigenvalue weighted by Crippen LogP contribution is 2.30. The predicted octanol–water partition coefficient (Wildman–Crippen LogP) is 3.42. The standard InChI is InChI=1S/C13H16ClN3S/c14-10-2-1-3-11-12(10)17(13(15)16-11)8-9-4-6-18-7-5-9/h1-3,9H,4-8H2,(H2,15,16). The maximum atomic E-state index is 6.27. The average Bonchev–Trinajstić information content (AvgIpc) is 2.69. The maximum Gasteiger partial charge on any atom is 0.201 e. The molecule has 0 unspecified atom stereocenters. The molecule has 96 valence electrons. The first kappa shape index (κ1) is 12.2. The second-order valence-corrected chi connectivity index (χ2v) is 6.38. The van der Waals surface area contributed by atoms with Crippen molar-refractivity contribution in [2.75, 3.05) is 17.2 Å². The maximum absolute atomic E-state index is 6.27. The van der Waals surface area contributed by atoms with Gasteiger partial charge >= 0.3 is 0 Å². The summed E-state index contributed by atoms with van der Waals surface area (Å²) in [4.78, 5) is 4.39.